The number of piperazine rings is 1. The van der Waals surface area contributed by atoms with Gasteiger partial charge in [-0.2, -0.15) is 4.31 Å². The lowest BCUT2D eigenvalue weighted by atomic mass is 10.1. The van der Waals surface area contributed by atoms with Gasteiger partial charge in [-0.1, -0.05) is 23.8 Å². The van der Waals surface area contributed by atoms with E-state index in [1.165, 1.54) is 34.1 Å². The number of halogens is 1. The van der Waals surface area contributed by atoms with Gasteiger partial charge >= 0.3 is 0 Å². The van der Waals surface area contributed by atoms with Crippen molar-refractivity contribution < 1.29 is 12.8 Å². The molecule has 0 atom stereocenters. The van der Waals surface area contributed by atoms with E-state index in [-0.39, 0.29) is 4.90 Å². The topological polar surface area (TPSA) is 53.5 Å². The standard InChI is InChI=1S/C21H22FN3O2S2/c1-16-3-2-4-17(13-16)21-23-19(15-28-21)14-24-9-11-25(12-10-24)29(26,27)20-7-5-18(22)6-8-20/h2-8,13,15H,9-12,14H2,1H3. The molecule has 8 heteroatoms. The first-order valence-corrected chi connectivity index (χ1v) is 11.7. The number of rotatable bonds is 5. The van der Waals surface area contributed by atoms with Crippen molar-refractivity contribution in [1.29, 1.82) is 0 Å². The molecule has 4 rings (SSSR count). The Morgan fingerprint density at radius 2 is 1.79 bits per heavy atom. The first-order chi connectivity index (χ1) is 13.9. The fraction of sp³-hybridized carbons (Fsp3) is 0.286. The number of sulfonamides is 1. The molecule has 0 radical (unpaired) electrons. The number of nitrogens with zero attached hydrogens (tertiary/aromatic N) is 3. The molecule has 0 spiro atoms. The number of benzene rings is 2. The fourth-order valence-electron chi connectivity index (χ4n) is 3.40. The van der Waals surface area contributed by atoms with Crippen LogP contribution in [-0.2, 0) is 16.6 Å². The summed E-state index contributed by atoms with van der Waals surface area (Å²) in [5, 5.41) is 3.07. The molecule has 2 heterocycles. The van der Waals surface area contributed by atoms with E-state index in [2.05, 4.69) is 35.4 Å². The predicted molar refractivity (Wildman–Crippen MR) is 113 cm³/mol. The van der Waals surface area contributed by atoms with Crippen molar-refractivity contribution in [3.05, 3.63) is 71.0 Å². The Hall–Kier alpha value is -2.13. The molecule has 29 heavy (non-hydrogen) atoms. The van der Waals surface area contributed by atoms with Gasteiger partial charge < -0.3 is 0 Å². The van der Waals surface area contributed by atoms with E-state index >= 15 is 0 Å². The average molecular weight is 432 g/mol. The SMILES string of the molecule is Cc1cccc(-c2nc(CN3CCN(S(=O)(=O)c4ccc(F)cc4)CC3)cs2)c1. The first-order valence-electron chi connectivity index (χ1n) is 9.41. The van der Waals surface area contributed by atoms with E-state index in [0.717, 1.165) is 16.3 Å². The van der Waals surface area contributed by atoms with Crippen LogP contribution in [0.2, 0.25) is 0 Å². The Kier molecular flexibility index (Phi) is 5.78. The summed E-state index contributed by atoms with van der Waals surface area (Å²) in [7, 11) is -3.58. The smallest absolute Gasteiger partial charge is 0.243 e. The third-order valence-corrected chi connectivity index (χ3v) is 7.84. The molecule has 0 saturated carbocycles. The Bertz CT molecular complexity index is 1090. The van der Waals surface area contributed by atoms with Gasteiger partial charge in [0, 0.05) is 43.7 Å². The van der Waals surface area contributed by atoms with Crippen molar-refractivity contribution >= 4 is 21.4 Å². The maximum Gasteiger partial charge on any atom is 0.243 e. The molecular weight excluding hydrogens is 409 g/mol. The Balaban J connectivity index is 1.37. The second kappa shape index (κ2) is 8.31. The molecule has 2 aromatic carbocycles. The highest BCUT2D eigenvalue weighted by molar-refractivity contribution is 7.89. The second-order valence-electron chi connectivity index (χ2n) is 7.15. The van der Waals surface area contributed by atoms with Crippen LogP contribution in [0.5, 0.6) is 0 Å². The van der Waals surface area contributed by atoms with E-state index in [1.54, 1.807) is 11.3 Å². The zero-order chi connectivity index (χ0) is 20.4. The van der Waals surface area contributed by atoms with Crippen LogP contribution in [0.3, 0.4) is 0 Å². The summed E-state index contributed by atoms with van der Waals surface area (Å²) in [5.74, 6) is -0.443. The van der Waals surface area contributed by atoms with Gasteiger partial charge in [0.05, 0.1) is 10.6 Å². The number of thiazole rings is 1. The van der Waals surface area contributed by atoms with Crippen molar-refractivity contribution in [2.75, 3.05) is 26.2 Å². The van der Waals surface area contributed by atoms with Crippen molar-refractivity contribution in [3.8, 4) is 10.6 Å². The van der Waals surface area contributed by atoms with Crippen LogP contribution in [0.15, 0.2) is 58.8 Å². The summed E-state index contributed by atoms with van der Waals surface area (Å²) in [6.07, 6.45) is 0. The van der Waals surface area contributed by atoms with Crippen molar-refractivity contribution in [2.24, 2.45) is 0 Å². The van der Waals surface area contributed by atoms with Gasteiger partial charge in [-0.3, -0.25) is 4.90 Å². The molecule has 152 valence electrons. The second-order valence-corrected chi connectivity index (χ2v) is 9.94. The maximum atomic E-state index is 13.1. The summed E-state index contributed by atoms with van der Waals surface area (Å²) in [5.41, 5.74) is 3.33. The molecule has 1 aromatic heterocycles. The van der Waals surface area contributed by atoms with E-state index in [9.17, 15) is 12.8 Å². The molecule has 1 saturated heterocycles. The number of hydrogen-bond donors (Lipinski definition) is 0. The van der Waals surface area contributed by atoms with Crippen LogP contribution in [0, 0.1) is 12.7 Å². The van der Waals surface area contributed by atoms with E-state index < -0.39 is 15.8 Å². The molecule has 0 N–H and O–H groups in total. The van der Waals surface area contributed by atoms with Crippen LogP contribution in [0.4, 0.5) is 4.39 Å². The quantitative estimate of drug-likeness (QED) is 0.617. The molecule has 0 aliphatic carbocycles. The van der Waals surface area contributed by atoms with Crippen molar-refractivity contribution in [2.45, 2.75) is 18.4 Å². The third kappa shape index (κ3) is 4.56. The van der Waals surface area contributed by atoms with Crippen LogP contribution < -0.4 is 0 Å². The number of aromatic nitrogens is 1. The van der Waals surface area contributed by atoms with Gasteiger partial charge in [-0.15, -0.1) is 11.3 Å². The summed E-state index contributed by atoms with van der Waals surface area (Å²) < 4.78 is 40.0. The summed E-state index contributed by atoms with van der Waals surface area (Å²) in [4.78, 5) is 7.10. The van der Waals surface area contributed by atoms with Crippen molar-refractivity contribution in [3.63, 3.8) is 0 Å². The molecule has 1 aliphatic rings. The highest BCUT2D eigenvalue weighted by atomic mass is 32.2. The molecule has 1 fully saturated rings. The van der Waals surface area contributed by atoms with E-state index in [1.807, 2.05) is 6.07 Å². The highest BCUT2D eigenvalue weighted by Crippen LogP contribution is 2.25. The van der Waals surface area contributed by atoms with Crippen LogP contribution in [0.25, 0.3) is 10.6 Å². The molecule has 0 amide bonds. The largest absolute Gasteiger partial charge is 0.295 e. The Morgan fingerprint density at radius 1 is 1.07 bits per heavy atom. The molecule has 3 aromatic rings. The van der Waals surface area contributed by atoms with Crippen LogP contribution >= 0.6 is 11.3 Å². The maximum absolute atomic E-state index is 13.1. The van der Waals surface area contributed by atoms with Crippen LogP contribution in [0.1, 0.15) is 11.3 Å². The average Bonchev–Trinajstić information content (AvgIpc) is 3.17. The normalized spacial score (nSPS) is 16.2. The van der Waals surface area contributed by atoms with Gasteiger partial charge in [0.1, 0.15) is 10.8 Å². The zero-order valence-corrected chi connectivity index (χ0v) is 17.7. The monoisotopic (exact) mass is 431 g/mol. The lowest BCUT2D eigenvalue weighted by Crippen LogP contribution is -2.48. The highest BCUT2D eigenvalue weighted by Gasteiger charge is 2.28. The van der Waals surface area contributed by atoms with Gasteiger partial charge in [0.15, 0.2) is 0 Å². The van der Waals surface area contributed by atoms with Gasteiger partial charge in [0.2, 0.25) is 10.0 Å². The fourth-order valence-corrected chi connectivity index (χ4v) is 5.63. The Morgan fingerprint density at radius 3 is 2.48 bits per heavy atom. The number of hydrogen-bond acceptors (Lipinski definition) is 5. The number of aryl methyl sites for hydroxylation is 1. The first kappa shape index (κ1) is 20.2. The van der Waals surface area contributed by atoms with E-state index in [4.69, 9.17) is 4.98 Å². The minimum absolute atomic E-state index is 0.134. The minimum atomic E-state index is -3.58. The molecule has 5 nitrogen and oxygen atoms in total. The minimum Gasteiger partial charge on any atom is -0.295 e. The van der Waals surface area contributed by atoms with Crippen LogP contribution in [-0.4, -0.2) is 48.8 Å². The third-order valence-electron chi connectivity index (χ3n) is 4.99. The predicted octanol–water partition coefficient (Wildman–Crippen LogP) is 3.76. The molecule has 1 aliphatic heterocycles. The van der Waals surface area contributed by atoms with Gasteiger partial charge in [-0.25, -0.2) is 17.8 Å². The summed E-state index contributed by atoms with van der Waals surface area (Å²) in [6.45, 7) is 4.86. The van der Waals surface area contributed by atoms with Gasteiger partial charge in [-0.05, 0) is 37.3 Å². The van der Waals surface area contributed by atoms with Crippen molar-refractivity contribution in [1.82, 2.24) is 14.2 Å². The lowest BCUT2D eigenvalue weighted by Gasteiger charge is -2.33. The summed E-state index contributed by atoms with van der Waals surface area (Å²) >= 11 is 1.63. The molecule has 0 unspecified atom stereocenters. The molecular formula is C21H22FN3O2S2. The Labute approximate surface area is 174 Å². The zero-order valence-electron chi connectivity index (χ0n) is 16.1. The van der Waals surface area contributed by atoms with E-state index in [0.29, 0.717) is 32.7 Å². The van der Waals surface area contributed by atoms with Gasteiger partial charge in [0.25, 0.3) is 0 Å². The lowest BCUT2D eigenvalue weighted by molar-refractivity contribution is 0.180. The molecule has 0 bridgehead atoms. The summed E-state index contributed by atoms with van der Waals surface area (Å²) in [6, 6.07) is 13.3.